The van der Waals surface area contributed by atoms with Crippen molar-refractivity contribution < 1.29 is 0 Å². The summed E-state index contributed by atoms with van der Waals surface area (Å²) >= 11 is 0. The first-order chi connectivity index (χ1) is 15.3. The summed E-state index contributed by atoms with van der Waals surface area (Å²) in [6.45, 7) is 3.96. The van der Waals surface area contributed by atoms with E-state index in [0.717, 1.165) is 43.6 Å². The van der Waals surface area contributed by atoms with Gasteiger partial charge in [0.05, 0.1) is 6.54 Å². The first-order valence-corrected chi connectivity index (χ1v) is 11.2. The Balaban J connectivity index is 1.28. The molecule has 6 nitrogen and oxygen atoms in total. The third-order valence-corrected chi connectivity index (χ3v) is 6.75. The van der Waals surface area contributed by atoms with Gasteiger partial charge in [-0.2, -0.15) is 4.98 Å². The van der Waals surface area contributed by atoms with Crippen molar-refractivity contribution in [1.29, 1.82) is 0 Å². The molecule has 0 bridgehead atoms. The van der Waals surface area contributed by atoms with Crippen molar-refractivity contribution in [2.75, 3.05) is 29.9 Å². The van der Waals surface area contributed by atoms with E-state index in [9.17, 15) is 0 Å². The molecule has 1 atom stereocenters. The van der Waals surface area contributed by atoms with E-state index in [1.807, 2.05) is 18.5 Å². The summed E-state index contributed by atoms with van der Waals surface area (Å²) < 4.78 is 0. The highest BCUT2D eigenvalue weighted by atomic mass is 15.3. The second kappa shape index (κ2) is 7.78. The van der Waals surface area contributed by atoms with Gasteiger partial charge in [-0.05, 0) is 72.8 Å². The highest BCUT2D eigenvalue weighted by Crippen LogP contribution is 2.45. The average Bonchev–Trinajstić information content (AvgIpc) is 3.44. The van der Waals surface area contributed by atoms with E-state index >= 15 is 0 Å². The van der Waals surface area contributed by atoms with Crippen LogP contribution in [0.3, 0.4) is 0 Å². The molecular weight excluding hydrogens is 384 g/mol. The molecule has 3 aliphatic rings. The fraction of sp³-hybridized carbons (Fsp3) is 0.320. The summed E-state index contributed by atoms with van der Waals surface area (Å²) in [6.07, 6.45) is 6.25. The Bertz CT molecular complexity index is 1130. The number of rotatable bonds is 4. The molecule has 1 saturated heterocycles. The van der Waals surface area contributed by atoms with Crippen molar-refractivity contribution in [3.63, 3.8) is 0 Å². The van der Waals surface area contributed by atoms with E-state index in [1.165, 1.54) is 35.2 Å². The fourth-order valence-electron chi connectivity index (χ4n) is 5.15. The van der Waals surface area contributed by atoms with Gasteiger partial charge in [0.1, 0.15) is 5.82 Å². The minimum atomic E-state index is 0.537. The third-order valence-electron chi connectivity index (χ3n) is 6.75. The largest absolute Gasteiger partial charge is 0.340 e. The molecule has 4 heterocycles. The second-order valence-corrected chi connectivity index (χ2v) is 8.61. The number of hydrogen-bond acceptors (Lipinski definition) is 6. The third kappa shape index (κ3) is 3.47. The molecule has 3 aromatic rings. The van der Waals surface area contributed by atoms with Gasteiger partial charge in [0.2, 0.25) is 5.95 Å². The van der Waals surface area contributed by atoms with Crippen molar-refractivity contribution in [3.8, 4) is 0 Å². The van der Waals surface area contributed by atoms with E-state index in [4.69, 9.17) is 4.98 Å². The van der Waals surface area contributed by atoms with Crippen molar-refractivity contribution in [2.45, 2.75) is 25.3 Å². The molecule has 0 spiro atoms. The van der Waals surface area contributed by atoms with Crippen LogP contribution < -0.4 is 15.5 Å². The Morgan fingerprint density at radius 2 is 1.94 bits per heavy atom. The molecule has 2 N–H and O–H groups in total. The molecule has 0 radical (unpaired) electrons. The van der Waals surface area contributed by atoms with E-state index in [0.29, 0.717) is 11.8 Å². The van der Waals surface area contributed by atoms with Gasteiger partial charge in [0.15, 0.2) is 0 Å². The lowest BCUT2D eigenvalue weighted by Gasteiger charge is -2.28. The zero-order valence-corrected chi connectivity index (χ0v) is 17.5. The molecule has 0 amide bonds. The van der Waals surface area contributed by atoms with Gasteiger partial charge < -0.3 is 15.5 Å². The number of para-hydroxylation sites is 1. The van der Waals surface area contributed by atoms with E-state index in [2.05, 4.69) is 68.0 Å². The molecule has 3 aliphatic heterocycles. The summed E-state index contributed by atoms with van der Waals surface area (Å²) in [5.41, 5.74) is 6.15. The van der Waals surface area contributed by atoms with E-state index in [-0.39, 0.29) is 0 Å². The Hall–Kier alpha value is -3.25. The number of anilines is 4. The van der Waals surface area contributed by atoms with Crippen LogP contribution in [0, 0.1) is 5.92 Å². The summed E-state index contributed by atoms with van der Waals surface area (Å²) in [5, 5.41) is 6.94. The van der Waals surface area contributed by atoms with Crippen LogP contribution in [-0.4, -0.2) is 35.8 Å². The van der Waals surface area contributed by atoms with Gasteiger partial charge in [-0.1, -0.05) is 24.3 Å². The number of nitrogens with one attached hydrogen (secondary N) is 2. The van der Waals surface area contributed by atoms with Crippen molar-refractivity contribution >= 4 is 29.4 Å². The minimum Gasteiger partial charge on any atom is -0.340 e. The van der Waals surface area contributed by atoms with Crippen LogP contribution in [0.25, 0.3) is 0 Å². The monoisotopic (exact) mass is 410 g/mol. The molecule has 2 aromatic carbocycles. The van der Waals surface area contributed by atoms with Crippen molar-refractivity contribution in [2.24, 2.45) is 10.9 Å². The Morgan fingerprint density at radius 1 is 1.03 bits per heavy atom. The molecular formula is C25H26N6. The minimum absolute atomic E-state index is 0.537. The molecule has 1 unspecified atom stereocenters. The molecule has 0 saturated carbocycles. The Morgan fingerprint density at radius 3 is 2.87 bits per heavy atom. The zero-order chi connectivity index (χ0) is 20.6. The lowest BCUT2D eigenvalue weighted by atomic mass is 9.82. The fourth-order valence-corrected chi connectivity index (χ4v) is 5.15. The molecule has 31 heavy (non-hydrogen) atoms. The SMILES string of the molecule is C1=NCc2ccc(Nc3ccnc(N4CC(C5CCNCC5)c5ccccc54)n3)cc21. The maximum atomic E-state index is 4.88. The summed E-state index contributed by atoms with van der Waals surface area (Å²) in [4.78, 5) is 16.2. The summed E-state index contributed by atoms with van der Waals surface area (Å²) in [6, 6.07) is 17.1. The van der Waals surface area contributed by atoms with Crippen LogP contribution in [0.15, 0.2) is 59.7 Å². The predicted octanol–water partition coefficient (Wildman–Crippen LogP) is 4.39. The predicted molar refractivity (Wildman–Crippen MR) is 125 cm³/mol. The number of nitrogens with zero attached hydrogens (tertiary/aromatic N) is 4. The van der Waals surface area contributed by atoms with Gasteiger partial charge in [0.25, 0.3) is 0 Å². The van der Waals surface area contributed by atoms with Gasteiger partial charge in [-0.3, -0.25) is 4.99 Å². The Kier molecular flexibility index (Phi) is 4.65. The van der Waals surface area contributed by atoms with E-state index < -0.39 is 0 Å². The summed E-state index contributed by atoms with van der Waals surface area (Å²) in [7, 11) is 0. The molecule has 156 valence electrons. The number of piperidine rings is 1. The van der Waals surface area contributed by atoms with Gasteiger partial charge in [-0.25, -0.2) is 4.98 Å². The standard InChI is InChI=1S/C25H26N6/c1-2-4-23-21(3-1)22(17-7-10-26-11-8-17)16-31(23)25-28-12-9-24(30-25)29-20-6-5-18-14-27-15-19(18)13-20/h1-6,9,12-13,15,17,22,26H,7-8,10-11,14,16H2,(H,28,29,30). The second-order valence-electron chi connectivity index (χ2n) is 8.61. The van der Waals surface area contributed by atoms with Gasteiger partial charge in [-0.15, -0.1) is 0 Å². The highest BCUT2D eigenvalue weighted by Gasteiger charge is 2.36. The van der Waals surface area contributed by atoms with Crippen LogP contribution >= 0.6 is 0 Å². The molecule has 1 aromatic heterocycles. The molecule has 1 fully saturated rings. The quantitative estimate of drug-likeness (QED) is 0.668. The smallest absolute Gasteiger partial charge is 0.231 e. The average molecular weight is 411 g/mol. The first-order valence-electron chi connectivity index (χ1n) is 11.2. The lowest BCUT2D eigenvalue weighted by molar-refractivity contribution is 0.327. The topological polar surface area (TPSA) is 65.4 Å². The number of benzene rings is 2. The number of aromatic nitrogens is 2. The van der Waals surface area contributed by atoms with Crippen molar-refractivity contribution in [1.82, 2.24) is 15.3 Å². The zero-order valence-electron chi connectivity index (χ0n) is 17.5. The van der Waals surface area contributed by atoms with E-state index in [1.54, 1.807) is 0 Å². The number of fused-ring (bicyclic) bond motifs is 2. The number of hydrogen-bond donors (Lipinski definition) is 2. The maximum Gasteiger partial charge on any atom is 0.231 e. The van der Waals surface area contributed by atoms with Crippen LogP contribution in [0.2, 0.25) is 0 Å². The normalized spacial score (nSPS) is 20.0. The number of aliphatic imine (C=N–C) groups is 1. The van der Waals surface area contributed by atoms with Gasteiger partial charge >= 0.3 is 0 Å². The van der Waals surface area contributed by atoms with Crippen LogP contribution in [0.4, 0.5) is 23.1 Å². The Labute approximate surface area is 182 Å². The molecule has 6 rings (SSSR count). The van der Waals surface area contributed by atoms with Crippen LogP contribution in [-0.2, 0) is 6.54 Å². The maximum absolute atomic E-state index is 4.88. The lowest BCUT2D eigenvalue weighted by Crippen LogP contribution is -2.32. The molecule has 6 heteroatoms. The van der Waals surface area contributed by atoms with Crippen LogP contribution in [0.5, 0.6) is 0 Å². The van der Waals surface area contributed by atoms with Crippen molar-refractivity contribution in [3.05, 3.63) is 71.4 Å². The summed E-state index contributed by atoms with van der Waals surface area (Å²) in [5.74, 6) is 2.82. The van der Waals surface area contributed by atoms with Crippen LogP contribution in [0.1, 0.15) is 35.4 Å². The highest BCUT2D eigenvalue weighted by molar-refractivity contribution is 5.86. The van der Waals surface area contributed by atoms with Gasteiger partial charge in [0, 0.05) is 36.2 Å². The molecule has 0 aliphatic carbocycles. The first kappa shape index (κ1) is 18.5.